The lowest BCUT2D eigenvalue weighted by atomic mass is 9.87. The molecule has 0 aromatic carbocycles. The fraction of sp³-hybridized carbons (Fsp3) is 1.00. The van der Waals surface area contributed by atoms with Crippen LogP contribution in [0.15, 0.2) is 0 Å². The van der Waals surface area contributed by atoms with Crippen molar-refractivity contribution in [3.8, 4) is 0 Å². The third-order valence-electron chi connectivity index (χ3n) is 3.62. The second-order valence-electron chi connectivity index (χ2n) is 8.22. The maximum absolute atomic E-state index is 9.98. The molecule has 2 saturated heterocycles. The third kappa shape index (κ3) is 4.89. The van der Waals surface area contributed by atoms with Gasteiger partial charge in [0.2, 0.25) is 0 Å². The first-order valence-electron chi connectivity index (χ1n) is 7.84. The number of aliphatic hydroxyl groups excluding tert-OH is 1. The molecule has 5 nitrogen and oxygen atoms in total. The number of aliphatic hydroxyl groups is 1. The Morgan fingerprint density at radius 1 is 0.952 bits per heavy atom. The summed E-state index contributed by atoms with van der Waals surface area (Å²) in [6.07, 6.45) is -0.565. The zero-order chi connectivity index (χ0) is 15.8. The van der Waals surface area contributed by atoms with Gasteiger partial charge in [-0.05, 0) is 32.6 Å². The second-order valence-corrected chi connectivity index (χ2v) is 8.22. The Hall–Kier alpha value is -0.200. The summed E-state index contributed by atoms with van der Waals surface area (Å²) >= 11 is 0. The molecule has 5 heteroatoms. The van der Waals surface area contributed by atoms with E-state index in [1.807, 2.05) is 20.8 Å². The highest BCUT2D eigenvalue weighted by molar-refractivity contribution is 4.89. The van der Waals surface area contributed by atoms with E-state index in [9.17, 15) is 5.11 Å². The molecule has 0 aromatic rings. The van der Waals surface area contributed by atoms with E-state index in [1.165, 1.54) is 0 Å². The minimum absolute atomic E-state index is 0.107. The summed E-state index contributed by atoms with van der Waals surface area (Å²) in [4.78, 5) is 0. The SMILES string of the molecule is CC(C)(C)CC1OC(CCOC(C)(C)C)C2OC(O)C1O2. The van der Waals surface area contributed by atoms with Gasteiger partial charge in [-0.25, -0.2) is 0 Å². The quantitative estimate of drug-likeness (QED) is 0.864. The fourth-order valence-electron chi connectivity index (χ4n) is 2.73. The summed E-state index contributed by atoms with van der Waals surface area (Å²) in [5.41, 5.74) is -0.0610. The zero-order valence-electron chi connectivity index (χ0n) is 14.1. The van der Waals surface area contributed by atoms with Gasteiger partial charge in [0.05, 0.1) is 11.7 Å². The summed E-state index contributed by atoms with van der Waals surface area (Å²) in [5, 5.41) is 9.98. The molecule has 0 amide bonds. The third-order valence-corrected chi connectivity index (χ3v) is 3.62. The second kappa shape index (κ2) is 6.13. The standard InChI is InChI=1S/C16H30O5/c1-15(2,3)9-11-12-13(17)21-14(20-12)10(19-11)7-8-18-16(4,5)6/h10-14,17H,7-9H2,1-6H3. The van der Waals surface area contributed by atoms with Gasteiger partial charge in [0.25, 0.3) is 0 Å². The summed E-state index contributed by atoms with van der Waals surface area (Å²) in [6, 6.07) is 0. The van der Waals surface area contributed by atoms with Crippen LogP contribution in [0.2, 0.25) is 0 Å². The molecule has 5 atom stereocenters. The van der Waals surface area contributed by atoms with E-state index in [1.54, 1.807) is 0 Å². The lowest BCUT2D eigenvalue weighted by Crippen LogP contribution is -2.47. The average Bonchev–Trinajstić information content (AvgIpc) is 2.60. The monoisotopic (exact) mass is 302 g/mol. The predicted octanol–water partition coefficient (Wildman–Crippen LogP) is 2.46. The predicted molar refractivity (Wildman–Crippen MR) is 78.8 cm³/mol. The maximum atomic E-state index is 9.98. The van der Waals surface area contributed by atoms with E-state index < -0.39 is 12.6 Å². The Morgan fingerprint density at radius 2 is 1.62 bits per heavy atom. The average molecular weight is 302 g/mol. The number of rotatable bonds is 4. The van der Waals surface area contributed by atoms with Crippen LogP contribution in [-0.4, -0.2) is 48.2 Å². The van der Waals surface area contributed by atoms with E-state index in [0.717, 1.165) is 6.42 Å². The van der Waals surface area contributed by atoms with Gasteiger partial charge < -0.3 is 24.1 Å². The molecule has 1 N–H and O–H groups in total. The molecule has 2 bridgehead atoms. The van der Waals surface area contributed by atoms with Crippen LogP contribution in [0.5, 0.6) is 0 Å². The van der Waals surface area contributed by atoms with Crippen LogP contribution in [0, 0.1) is 5.41 Å². The largest absolute Gasteiger partial charge is 0.376 e. The highest BCUT2D eigenvalue weighted by atomic mass is 16.8. The molecule has 0 radical (unpaired) electrons. The van der Waals surface area contributed by atoms with Gasteiger partial charge in [0.1, 0.15) is 12.2 Å². The van der Waals surface area contributed by atoms with Crippen LogP contribution < -0.4 is 0 Å². The molecule has 2 aliphatic rings. The lowest BCUT2D eigenvalue weighted by Gasteiger charge is -2.37. The van der Waals surface area contributed by atoms with Crippen molar-refractivity contribution in [2.45, 2.75) is 90.9 Å². The number of hydrogen-bond donors (Lipinski definition) is 1. The lowest BCUT2D eigenvalue weighted by molar-refractivity contribution is -0.237. The molecule has 0 aromatic heterocycles. The van der Waals surface area contributed by atoms with Gasteiger partial charge in [0, 0.05) is 13.0 Å². The van der Waals surface area contributed by atoms with E-state index in [2.05, 4.69) is 20.8 Å². The van der Waals surface area contributed by atoms with Crippen molar-refractivity contribution in [2.24, 2.45) is 5.41 Å². The highest BCUT2D eigenvalue weighted by Gasteiger charge is 2.50. The van der Waals surface area contributed by atoms with Gasteiger partial charge in [0.15, 0.2) is 12.6 Å². The topological polar surface area (TPSA) is 57.2 Å². The molecule has 2 heterocycles. The maximum Gasteiger partial charge on any atom is 0.187 e. The van der Waals surface area contributed by atoms with E-state index in [4.69, 9.17) is 18.9 Å². The Morgan fingerprint density at radius 3 is 2.19 bits per heavy atom. The molecule has 2 rings (SSSR count). The van der Waals surface area contributed by atoms with Gasteiger partial charge in [-0.15, -0.1) is 0 Å². The van der Waals surface area contributed by atoms with Crippen molar-refractivity contribution < 1.29 is 24.1 Å². The first kappa shape index (κ1) is 17.2. The van der Waals surface area contributed by atoms with Crippen LogP contribution in [0.25, 0.3) is 0 Å². The molecule has 5 unspecified atom stereocenters. The minimum atomic E-state index is -0.893. The van der Waals surface area contributed by atoms with Crippen LogP contribution in [0.1, 0.15) is 54.4 Å². The molecule has 124 valence electrons. The summed E-state index contributed by atoms with van der Waals surface area (Å²) in [6.45, 7) is 13.1. The first-order chi connectivity index (χ1) is 9.55. The summed E-state index contributed by atoms with van der Waals surface area (Å²) in [5.74, 6) is 0. The number of hydrogen-bond acceptors (Lipinski definition) is 5. The molecule has 2 aliphatic heterocycles. The molecule has 0 saturated carbocycles. The normalized spacial score (nSPS) is 37.0. The molecular weight excluding hydrogens is 272 g/mol. The Bertz CT molecular complexity index is 344. The van der Waals surface area contributed by atoms with Gasteiger partial charge >= 0.3 is 0 Å². The van der Waals surface area contributed by atoms with Gasteiger partial charge in [-0.3, -0.25) is 0 Å². The van der Waals surface area contributed by atoms with Crippen molar-refractivity contribution in [3.05, 3.63) is 0 Å². The van der Waals surface area contributed by atoms with E-state index in [-0.39, 0.29) is 29.3 Å². The van der Waals surface area contributed by atoms with Crippen LogP contribution in [0.4, 0.5) is 0 Å². The van der Waals surface area contributed by atoms with Gasteiger partial charge in [-0.2, -0.15) is 0 Å². The molecule has 0 spiro atoms. The Kier molecular flexibility index (Phi) is 5.01. The molecule has 2 fully saturated rings. The summed E-state index contributed by atoms with van der Waals surface area (Å²) < 4.78 is 23.2. The molecule has 0 aliphatic carbocycles. The van der Waals surface area contributed by atoms with Crippen molar-refractivity contribution in [3.63, 3.8) is 0 Å². The molecule has 21 heavy (non-hydrogen) atoms. The van der Waals surface area contributed by atoms with E-state index in [0.29, 0.717) is 13.0 Å². The minimum Gasteiger partial charge on any atom is -0.376 e. The Labute approximate surface area is 127 Å². The smallest absolute Gasteiger partial charge is 0.187 e. The molecular formula is C16H30O5. The highest BCUT2D eigenvalue weighted by Crippen LogP contribution is 2.37. The van der Waals surface area contributed by atoms with Crippen molar-refractivity contribution in [2.75, 3.05) is 6.61 Å². The van der Waals surface area contributed by atoms with Gasteiger partial charge in [-0.1, -0.05) is 20.8 Å². The summed E-state index contributed by atoms with van der Waals surface area (Å²) in [7, 11) is 0. The van der Waals surface area contributed by atoms with Crippen molar-refractivity contribution in [1.29, 1.82) is 0 Å². The van der Waals surface area contributed by atoms with Crippen LogP contribution in [-0.2, 0) is 18.9 Å². The number of fused-ring (bicyclic) bond motifs is 2. The number of ether oxygens (including phenoxy) is 4. The van der Waals surface area contributed by atoms with Crippen molar-refractivity contribution in [1.82, 2.24) is 0 Å². The zero-order valence-corrected chi connectivity index (χ0v) is 14.1. The van der Waals surface area contributed by atoms with E-state index >= 15 is 0 Å². The van der Waals surface area contributed by atoms with Crippen LogP contribution >= 0.6 is 0 Å². The van der Waals surface area contributed by atoms with Crippen LogP contribution in [0.3, 0.4) is 0 Å². The Balaban J connectivity index is 1.93. The van der Waals surface area contributed by atoms with Crippen molar-refractivity contribution >= 4 is 0 Å². The fourth-order valence-corrected chi connectivity index (χ4v) is 2.73. The first-order valence-corrected chi connectivity index (χ1v) is 7.84.